The molecular formula is C25H32N4O2. The van der Waals surface area contributed by atoms with E-state index >= 15 is 0 Å². The number of piperidine rings is 1. The van der Waals surface area contributed by atoms with Crippen LogP contribution in [0.15, 0.2) is 48.7 Å². The van der Waals surface area contributed by atoms with Crippen LogP contribution in [0.1, 0.15) is 49.8 Å². The molecule has 2 fully saturated rings. The number of hydrogen-bond acceptors (Lipinski definition) is 4. The van der Waals surface area contributed by atoms with Crippen molar-refractivity contribution in [3.63, 3.8) is 0 Å². The summed E-state index contributed by atoms with van der Waals surface area (Å²) in [5.41, 5.74) is 1.77. The molecule has 2 aliphatic rings. The molecule has 0 saturated carbocycles. The van der Waals surface area contributed by atoms with E-state index in [9.17, 15) is 9.59 Å². The predicted octanol–water partition coefficient (Wildman–Crippen LogP) is 3.66. The Morgan fingerprint density at radius 3 is 2.58 bits per heavy atom. The Kier molecular flexibility index (Phi) is 6.25. The molecule has 31 heavy (non-hydrogen) atoms. The van der Waals surface area contributed by atoms with Crippen LogP contribution < -0.4 is 5.32 Å². The molecule has 1 atom stereocenters. The zero-order valence-electron chi connectivity index (χ0n) is 18.5. The fraction of sp³-hybridized carbons (Fsp3) is 0.480. The van der Waals surface area contributed by atoms with Gasteiger partial charge in [-0.3, -0.25) is 9.59 Å². The van der Waals surface area contributed by atoms with Gasteiger partial charge in [0.15, 0.2) is 0 Å². The molecule has 1 aromatic heterocycles. The first-order valence-corrected chi connectivity index (χ1v) is 11.3. The number of nitrogens with zero attached hydrogens (tertiary/aromatic N) is 3. The number of amides is 2. The molecule has 164 valence electrons. The van der Waals surface area contributed by atoms with Crippen LogP contribution in [0, 0.1) is 5.41 Å². The number of aromatic nitrogens is 1. The molecule has 2 aliphatic heterocycles. The lowest BCUT2D eigenvalue weighted by molar-refractivity contribution is -0.148. The first kappa shape index (κ1) is 21.3. The average Bonchev–Trinajstić information content (AvgIpc) is 3.29. The monoisotopic (exact) mass is 420 g/mol. The van der Waals surface area contributed by atoms with Crippen LogP contribution in [0.3, 0.4) is 0 Å². The van der Waals surface area contributed by atoms with Crippen molar-refractivity contribution in [2.24, 2.45) is 5.41 Å². The van der Waals surface area contributed by atoms with Gasteiger partial charge < -0.3 is 15.1 Å². The van der Waals surface area contributed by atoms with Crippen molar-refractivity contribution in [3.8, 4) is 0 Å². The number of anilines is 1. The second-order valence-electron chi connectivity index (χ2n) is 8.98. The van der Waals surface area contributed by atoms with Crippen LogP contribution in [0.2, 0.25) is 0 Å². The van der Waals surface area contributed by atoms with Gasteiger partial charge in [-0.1, -0.05) is 37.3 Å². The first-order chi connectivity index (χ1) is 15.0. The lowest BCUT2D eigenvalue weighted by atomic mass is 9.78. The predicted molar refractivity (Wildman–Crippen MR) is 122 cm³/mol. The molecule has 3 heterocycles. The normalized spacial score (nSPS) is 20.5. The van der Waals surface area contributed by atoms with Gasteiger partial charge in [0.2, 0.25) is 11.8 Å². The van der Waals surface area contributed by atoms with E-state index in [4.69, 9.17) is 0 Å². The Morgan fingerprint density at radius 2 is 1.87 bits per heavy atom. The Hall–Kier alpha value is -2.89. The maximum atomic E-state index is 13.6. The molecule has 2 aromatic rings. The maximum absolute atomic E-state index is 13.6. The van der Waals surface area contributed by atoms with Gasteiger partial charge in [-0.05, 0) is 48.9 Å². The highest BCUT2D eigenvalue weighted by molar-refractivity contribution is 5.84. The van der Waals surface area contributed by atoms with Crippen LogP contribution in [-0.2, 0) is 16.0 Å². The number of hydrogen-bond donors (Lipinski definition) is 1. The third kappa shape index (κ3) is 4.58. The summed E-state index contributed by atoms with van der Waals surface area (Å²) in [5, 5.41) is 3.09. The van der Waals surface area contributed by atoms with Crippen LogP contribution in [0.5, 0.6) is 0 Å². The van der Waals surface area contributed by atoms with E-state index < -0.39 is 5.41 Å². The van der Waals surface area contributed by atoms with E-state index in [-0.39, 0.29) is 17.9 Å². The van der Waals surface area contributed by atoms with Crippen LogP contribution in [-0.4, -0.2) is 53.3 Å². The summed E-state index contributed by atoms with van der Waals surface area (Å²) >= 11 is 0. The number of likely N-dealkylation sites (tertiary alicyclic amines) is 2. The summed E-state index contributed by atoms with van der Waals surface area (Å²) in [7, 11) is 1.86. The van der Waals surface area contributed by atoms with E-state index in [1.165, 1.54) is 0 Å². The number of rotatable bonds is 5. The Morgan fingerprint density at radius 1 is 1.13 bits per heavy atom. The van der Waals surface area contributed by atoms with E-state index in [0.717, 1.165) is 36.3 Å². The smallest absolute Gasteiger partial charge is 0.229 e. The Balaban J connectivity index is 1.40. The molecule has 2 amide bonds. The molecule has 1 aromatic carbocycles. The molecular weight excluding hydrogens is 388 g/mol. The molecule has 6 nitrogen and oxygen atoms in total. The summed E-state index contributed by atoms with van der Waals surface area (Å²) in [6.45, 7) is 4.17. The molecule has 0 spiro atoms. The molecule has 4 rings (SSSR count). The minimum absolute atomic E-state index is 0.108. The van der Waals surface area contributed by atoms with Gasteiger partial charge in [0.1, 0.15) is 5.82 Å². The van der Waals surface area contributed by atoms with Gasteiger partial charge in [-0.2, -0.15) is 0 Å². The minimum Gasteiger partial charge on any atom is -0.373 e. The molecule has 1 N–H and O–H groups in total. The zero-order valence-corrected chi connectivity index (χ0v) is 18.5. The SMILES string of the molecule is CNc1cc(C2CCCN2C(=O)C2(C)CCN(C(=O)Cc3ccccc3)CC2)ccn1. The minimum atomic E-state index is -0.412. The second-order valence-corrected chi connectivity index (χ2v) is 8.98. The van der Waals surface area contributed by atoms with E-state index in [1.807, 2.05) is 54.4 Å². The average molecular weight is 421 g/mol. The van der Waals surface area contributed by atoms with Gasteiger partial charge >= 0.3 is 0 Å². The zero-order chi connectivity index (χ0) is 21.8. The van der Waals surface area contributed by atoms with Crippen molar-refractivity contribution < 1.29 is 9.59 Å². The maximum Gasteiger partial charge on any atom is 0.229 e. The van der Waals surface area contributed by atoms with Crippen molar-refractivity contribution in [1.29, 1.82) is 0 Å². The fourth-order valence-corrected chi connectivity index (χ4v) is 4.84. The first-order valence-electron chi connectivity index (χ1n) is 11.3. The molecule has 6 heteroatoms. The number of pyridine rings is 1. The Bertz CT molecular complexity index is 922. The highest BCUT2D eigenvalue weighted by Crippen LogP contribution is 2.40. The number of carbonyl (C=O) groups excluding carboxylic acids is 2. The number of nitrogens with one attached hydrogen (secondary N) is 1. The fourth-order valence-electron chi connectivity index (χ4n) is 4.84. The van der Waals surface area contributed by atoms with Gasteiger partial charge in [-0.25, -0.2) is 4.98 Å². The summed E-state index contributed by atoms with van der Waals surface area (Å²) in [6, 6.07) is 14.0. The van der Waals surface area contributed by atoms with Crippen LogP contribution in [0.25, 0.3) is 0 Å². The number of benzene rings is 1. The highest BCUT2D eigenvalue weighted by atomic mass is 16.2. The number of carbonyl (C=O) groups is 2. The summed E-state index contributed by atoms with van der Waals surface area (Å²) in [5.74, 6) is 1.21. The topological polar surface area (TPSA) is 65.5 Å². The summed E-state index contributed by atoms with van der Waals surface area (Å²) in [6.07, 6.45) is 5.67. The van der Waals surface area contributed by atoms with Crippen LogP contribution in [0.4, 0.5) is 5.82 Å². The van der Waals surface area contributed by atoms with E-state index in [0.29, 0.717) is 32.4 Å². The standard InChI is InChI=1S/C25H32N4O2/c1-25(11-15-28(16-12-25)23(30)17-19-7-4-3-5-8-19)24(31)29-14-6-9-21(29)20-10-13-27-22(18-20)26-2/h3-5,7-8,10,13,18,21H,6,9,11-12,14-17H2,1-2H3,(H,26,27). The van der Waals surface area contributed by atoms with Crippen LogP contribution >= 0.6 is 0 Å². The summed E-state index contributed by atoms with van der Waals surface area (Å²) < 4.78 is 0. The summed E-state index contributed by atoms with van der Waals surface area (Å²) in [4.78, 5) is 34.6. The van der Waals surface area contributed by atoms with E-state index in [2.05, 4.69) is 22.1 Å². The van der Waals surface area contributed by atoms with Gasteiger partial charge in [0.05, 0.1) is 12.5 Å². The molecule has 0 radical (unpaired) electrons. The largest absolute Gasteiger partial charge is 0.373 e. The van der Waals surface area contributed by atoms with Crippen molar-refractivity contribution in [3.05, 3.63) is 59.8 Å². The molecule has 0 bridgehead atoms. The third-order valence-corrected chi connectivity index (χ3v) is 6.87. The second kappa shape index (κ2) is 9.08. The molecule has 1 unspecified atom stereocenters. The lowest BCUT2D eigenvalue weighted by Crippen LogP contribution is -2.50. The lowest BCUT2D eigenvalue weighted by Gasteiger charge is -2.41. The van der Waals surface area contributed by atoms with Gasteiger partial charge in [0, 0.05) is 38.3 Å². The molecule has 0 aliphatic carbocycles. The van der Waals surface area contributed by atoms with E-state index in [1.54, 1.807) is 6.20 Å². The van der Waals surface area contributed by atoms with Crippen molar-refractivity contribution in [2.45, 2.75) is 45.1 Å². The van der Waals surface area contributed by atoms with Gasteiger partial charge in [-0.15, -0.1) is 0 Å². The van der Waals surface area contributed by atoms with Crippen molar-refractivity contribution in [1.82, 2.24) is 14.8 Å². The van der Waals surface area contributed by atoms with Crippen molar-refractivity contribution >= 4 is 17.6 Å². The quantitative estimate of drug-likeness (QED) is 0.802. The van der Waals surface area contributed by atoms with Gasteiger partial charge in [0.25, 0.3) is 0 Å². The van der Waals surface area contributed by atoms with Crippen molar-refractivity contribution in [2.75, 3.05) is 32.0 Å². The molecule has 2 saturated heterocycles. The third-order valence-electron chi connectivity index (χ3n) is 6.87. The highest BCUT2D eigenvalue weighted by Gasteiger charge is 2.43. The Labute approximate surface area is 184 Å².